The Morgan fingerprint density at radius 3 is 1.69 bits per heavy atom. The Morgan fingerprint density at radius 1 is 0.806 bits per heavy atom. The molecule has 186 valence electrons. The quantitative estimate of drug-likeness (QED) is 0.314. The van der Waals surface area contributed by atoms with E-state index in [4.69, 9.17) is 0 Å². The van der Waals surface area contributed by atoms with E-state index in [1.165, 1.54) is 32.6 Å². The van der Waals surface area contributed by atoms with E-state index < -0.39 is 12.7 Å². The van der Waals surface area contributed by atoms with E-state index in [0.29, 0.717) is 12.2 Å². The van der Waals surface area contributed by atoms with Gasteiger partial charge in [0.2, 0.25) is 0 Å². The molecule has 0 unspecified atom stereocenters. The average molecular weight is 560 g/mol. The third-order valence-corrected chi connectivity index (χ3v) is 11.6. The molecule has 0 atom stereocenters. The first kappa shape index (κ1) is 28.0. The lowest BCUT2D eigenvalue weighted by molar-refractivity contribution is -0.125. The van der Waals surface area contributed by atoms with Gasteiger partial charge in [0.1, 0.15) is 29.0 Å². The van der Waals surface area contributed by atoms with Crippen molar-refractivity contribution in [1.29, 1.82) is 0 Å². The van der Waals surface area contributed by atoms with Crippen LogP contribution < -0.4 is 32.9 Å². The molecule has 0 bridgehead atoms. The standard InChI is InChI=1S/C33H36OP.BrH/c1-26(20-22-31-27(2)21-23-32(34)33(31,3)4)24-25-35(28-14-8-5-9-15-28,29-16-10-6-11-17-29)30-18-12-7-13-19-30;/h5-20,22,24H,21,23,25H2,1-4H3;1H/q+1;/p-1. The van der Waals surface area contributed by atoms with E-state index in [1.807, 2.05) is 0 Å². The second-order valence-electron chi connectivity index (χ2n) is 10.0. The number of Topliss-reactive ketones (excluding diaryl/α,β-unsaturated/α-hetero) is 1. The fourth-order valence-electron chi connectivity index (χ4n) is 5.16. The van der Waals surface area contributed by atoms with Gasteiger partial charge in [-0.2, -0.15) is 0 Å². The minimum absolute atomic E-state index is 0. The van der Waals surface area contributed by atoms with Crippen LogP contribution in [0, 0.1) is 5.41 Å². The predicted molar refractivity (Wildman–Crippen MR) is 154 cm³/mol. The van der Waals surface area contributed by atoms with Crippen LogP contribution in [-0.4, -0.2) is 11.9 Å². The lowest BCUT2D eigenvalue weighted by Crippen LogP contribution is -3.00. The van der Waals surface area contributed by atoms with Crippen molar-refractivity contribution in [2.24, 2.45) is 5.41 Å². The topological polar surface area (TPSA) is 17.1 Å². The van der Waals surface area contributed by atoms with Crippen LogP contribution in [0.15, 0.2) is 126 Å². The average Bonchev–Trinajstić information content (AvgIpc) is 2.88. The molecule has 0 saturated heterocycles. The van der Waals surface area contributed by atoms with Gasteiger partial charge in [0, 0.05) is 11.8 Å². The second-order valence-corrected chi connectivity index (χ2v) is 13.6. The van der Waals surface area contributed by atoms with Gasteiger partial charge in [-0.15, -0.1) is 0 Å². The van der Waals surface area contributed by atoms with Gasteiger partial charge >= 0.3 is 0 Å². The first-order chi connectivity index (χ1) is 16.9. The summed E-state index contributed by atoms with van der Waals surface area (Å²) in [5.74, 6) is 0.339. The number of carbonyl (C=O) groups excluding carboxylic acids is 1. The van der Waals surface area contributed by atoms with Gasteiger partial charge in [-0.1, -0.05) is 77.9 Å². The number of allylic oxidation sites excluding steroid dienone is 6. The monoisotopic (exact) mass is 558 g/mol. The Labute approximate surface area is 228 Å². The number of rotatable bonds is 7. The van der Waals surface area contributed by atoms with Gasteiger partial charge in [-0.3, -0.25) is 4.79 Å². The van der Waals surface area contributed by atoms with Crippen molar-refractivity contribution in [3.05, 3.63) is 126 Å². The maximum atomic E-state index is 12.6. The molecular weight excluding hydrogens is 523 g/mol. The van der Waals surface area contributed by atoms with Crippen LogP contribution in [0.1, 0.15) is 40.5 Å². The summed E-state index contributed by atoms with van der Waals surface area (Å²) < 4.78 is 0. The number of halogens is 1. The molecule has 0 aromatic heterocycles. The van der Waals surface area contributed by atoms with Gasteiger partial charge < -0.3 is 17.0 Å². The third kappa shape index (κ3) is 5.72. The fourth-order valence-corrected chi connectivity index (χ4v) is 9.29. The Balaban J connectivity index is 0.00000361. The largest absolute Gasteiger partial charge is 1.00 e. The van der Waals surface area contributed by atoms with Crippen molar-refractivity contribution >= 4 is 29.0 Å². The number of benzene rings is 3. The van der Waals surface area contributed by atoms with Crippen LogP contribution in [0.5, 0.6) is 0 Å². The van der Waals surface area contributed by atoms with Gasteiger partial charge in [-0.25, -0.2) is 0 Å². The zero-order valence-electron chi connectivity index (χ0n) is 21.7. The van der Waals surface area contributed by atoms with Gasteiger partial charge in [0.15, 0.2) is 0 Å². The molecule has 3 aromatic carbocycles. The zero-order chi connectivity index (χ0) is 24.9. The molecule has 0 spiro atoms. The third-order valence-electron chi connectivity index (χ3n) is 7.35. The highest BCUT2D eigenvalue weighted by Crippen LogP contribution is 2.55. The predicted octanol–water partition coefficient (Wildman–Crippen LogP) is 4.19. The summed E-state index contributed by atoms with van der Waals surface area (Å²) in [4.78, 5) is 12.6. The molecule has 36 heavy (non-hydrogen) atoms. The van der Waals surface area contributed by atoms with Crippen LogP contribution in [-0.2, 0) is 4.79 Å². The van der Waals surface area contributed by atoms with Gasteiger partial charge in [0.25, 0.3) is 0 Å². The van der Waals surface area contributed by atoms with Crippen LogP contribution in [0.2, 0.25) is 0 Å². The van der Waals surface area contributed by atoms with Gasteiger partial charge in [0.05, 0.1) is 6.16 Å². The number of hydrogen-bond acceptors (Lipinski definition) is 1. The van der Waals surface area contributed by atoms with Crippen LogP contribution in [0.4, 0.5) is 0 Å². The summed E-state index contributed by atoms with van der Waals surface area (Å²) in [6.45, 7) is 8.48. The van der Waals surface area contributed by atoms with E-state index in [-0.39, 0.29) is 17.0 Å². The lowest BCUT2D eigenvalue weighted by atomic mass is 9.71. The Kier molecular flexibility index (Phi) is 9.45. The molecule has 3 aromatic rings. The van der Waals surface area contributed by atoms with Crippen molar-refractivity contribution < 1.29 is 21.8 Å². The Bertz CT molecular complexity index is 1160. The molecule has 1 aliphatic rings. The summed E-state index contributed by atoms with van der Waals surface area (Å²) in [6.07, 6.45) is 9.26. The summed E-state index contributed by atoms with van der Waals surface area (Å²) >= 11 is 0. The summed E-state index contributed by atoms with van der Waals surface area (Å²) in [6, 6.07) is 33.0. The Hall–Kier alpha value is -2.54. The first-order valence-electron chi connectivity index (χ1n) is 12.5. The molecule has 0 N–H and O–H groups in total. The van der Waals surface area contributed by atoms with E-state index in [0.717, 1.165) is 12.6 Å². The molecule has 0 amide bonds. The van der Waals surface area contributed by atoms with Crippen molar-refractivity contribution in [1.82, 2.24) is 0 Å². The fraction of sp³-hybridized carbons (Fsp3) is 0.242. The number of ketones is 1. The minimum Gasteiger partial charge on any atom is -1.00 e. The lowest BCUT2D eigenvalue weighted by Gasteiger charge is -2.31. The van der Waals surface area contributed by atoms with Crippen molar-refractivity contribution in [3.8, 4) is 0 Å². The maximum absolute atomic E-state index is 12.6. The highest BCUT2D eigenvalue weighted by molar-refractivity contribution is 7.95. The minimum atomic E-state index is -1.89. The SMILES string of the molecule is CC(C=CC1=C(C)CCC(=O)C1(C)C)=CC[P+](c1ccccc1)(c1ccccc1)c1ccccc1.[Br-]. The molecule has 1 nitrogen and oxygen atoms in total. The van der Waals surface area contributed by atoms with Crippen LogP contribution in [0.25, 0.3) is 0 Å². The molecule has 0 aliphatic heterocycles. The van der Waals surface area contributed by atoms with Crippen LogP contribution in [0.3, 0.4) is 0 Å². The Morgan fingerprint density at radius 2 is 1.25 bits per heavy atom. The summed E-state index contributed by atoms with van der Waals surface area (Å²) in [5.41, 5.74) is 3.33. The molecule has 0 radical (unpaired) electrons. The molecular formula is C33H36BrOP. The van der Waals surface area contributed by atoms with E-state index in [9.17, 15) is 4.79 Å². The number of carbonyl (C=O) groups is 1. The molecule has 0 saturated carbocycles. The van der Waals surface area contributed by atoms with Crippen LogP contribution >= 0.6 is 7.26 Å². The highest BCUT2D eigenvalue weighted by Gasteiger charge is 2.44. The summed E-state index contributed by atoms with van der Waals surface area (Å²) in [7, 11) is -1.89. The second kappa shape index (κ2) is 12.1. The van der Waals surface area contributed by atoms with Crippen molar-refractivity contribution in [3.63, 3.8) is 0 Å². The van der Waals surface area contributed by atoms with E-state index >= 15 is 0 Å². The molecule has 0 heterocycles. The normalized spacial score (nSPS) is 16.2. The molecule has 0 fully saturated rings. The zero-order valence-corrected chi connectivity index (χ0v) is 24.2. The van der Waals surface area contributed by atoms with Crippen molar-refractivity contribution in [2.75, 3.05) is 6.16 Å². The van der Waals surface area contributed by atoms with Crippen molar-refractivity contribution in [2.45, 2.75) is 40.5 Å². The summed E-state index contributed by atoms with van der Waals surface area (Å²) in [5, 5.41) is 4.17. The smallest absolute Gasteiger partial charge is 0.143 e. The van der Waals surface area contributed by atoms with E-state index in [1.54, 1.807) is 0 Å². The number of hydrogen-bond donors (Lipinski definition) is 0. The molecule has 1 aliphatic carbocycles. The van der Waals surface area contributed by atoms with Gasteiger partial charge in [-0.05, 0) is 82.2 Å². The van der Waals surface area contributed by atoms with E-state index in [2.05, 4.69) is 137 Å². The maximum Gasteiger partial charge on any atom is 0.143 e. The molecule has 4 rings (SSSR count). The molecule has 3 heteroatoms. The highest BCUT2D eigenvalue weighted by atomic mass is 79.9. The first-order valence-corrected chi connectivity index (χ1v) is 14.5.